The van der Waals surface area contributed by atoms with E-state index in [1.165, 1.54) is 35.3 Å². The van der Waals surface area contributed by atoms with Crippen molar-refractivity contribution in [1.29, 1.82) is 0 Å². The Kier molecular flexibility index (Phi) is 3.41. The quantitative estimate of drug-likeness (QED) is 0.896. The lowest BCUT2D eigenvalue weighted by atomic mass is 10.0. The molecule has 98 valence electrons. The molecule has 0 amide bonds. The lowest BCUT2D eigenvalue weighted by Crippen LogP contribution is -2.17. The van der Waals surface area contributed by atoms with E-state index in [-0.39, 0.29) is 0 Å². The van der Waals surface area contributed by atoms with Gasteiger partial charge in [-0.2, -0.15) is 0 Å². The van der Waals surface area contributed by atoms with Crippen molar-refractivity contribution in [1.82, 2.24) is 0 Å². The molecule has 0 aliphatic carbocycles. The van der Waals surface area contributed by atoms with Crippen molar-refractivity contribution in [3.05, 3.63) is 59.7 Å². The fraction of sp³-hybridized carbons (Fsp3) is 0.294. The average Bonchev–Trinajstić information content (AvgIpc) is 2.48. The molecule has 0 atom stereocenters. The van der Waals surface area contributed by atoms with Crippen LogP contribution in [0.1, 0.15) is 17.5 Å². The Morgan fingerprint density at radius 2 is 1.95 bits per heavy atom. The highest BCUT2D eigenvalue weighted by Gasteiger charge is 2.09. The first-order valence-electron chi connectivity index (χ1n) is 6.95. The number of para-hydroxylation sites is 1. The predicted molar refractivity (Wildman–Crippen MR) is 81.8 cm³/mol. The van der Waals surface area contributed by atoms with Crippen LogP contribution in [0, 0.1) is 0 Å². The van der Waals surface area contributed by atoms with E-state index in [1.807, 2.05) is 0 Å². The van der Waals surface area contributed by atoms with E-state index >= 15 is 0 Å². The van der Waals surface area contributed by atoms with E-state index in [4.69, 9.17) is 0 Å². The molecule has 0 unspecified atom stereocenters. The lowest BCUT2D eigenvalue weighted by molar-refractivity contribution is 0.824. The maximum absolute atomic E-state index is 3.46. The number of hydrogen-bond acceptors (Lipinski definition) is 2. The summed E-state index contributed by atoms with van der Waals surface area (Å²) in [5.74, 6) is 0. The highest BCUT2D eigenvalue weighted by atomic mass is 15.1. The third-order valence-corrected chi connectivity index (χ3v) is 3.72. The van der Waals surface area contributed by atoms with Gasteiger partial charge in [-0.1, -0.05) is 30.3 Å². The molecular formula is C17H20N2. The predicted octanol–water partition coefficient (Wildman–Crippen LogP) is 3.68. The van der Waals surface area contributed by atoms with E-state index in [2.05, 4.69) is 65.8 Å². The van der Waals surface area contributed by atoms with Gasteiger partial charge in [0.05, 0.1) is 0 Å². The molecule has 2 aromatic rings. The smallest absolute Gasteiger partial charge is 0.0426 e. The van der Waals surface area contributed by atoms with Crippen LogP contribution in [0.3, 0.4) is 0 Å². The van der Waals surface area contributed by atoms with Crippen LogP contribution in [0.25, 0.3) is 0 Å². The number of nitrogens with one attached hydrogen (secondary N) is 1. The first-order valence-corrected chi connectivity index (χ1v) is 6.95. The third-order valence-electron chi connectivity index (χ3n) is 3.72. The molecule has 0 saturated heterocycles. The van der Waals surface area contributed by atoms with E-state index in [9.17, 15) is 0 Å². The molecule has 1 N–H and O–H groups in total. The SMILES string of the molecule is CN(Cc1ccc2c(c1)CCCN2)c1ccccc1. The zero-order valence-electron chi connectivity index (χ0n) is 11.4. The molecule has 2 heteroatoms. The molecule has 0 spiro atoms. The van der Waals surface area contributed by atoms with Crippen LogP contribution in [0.15, 0.2) is 48.5 Å². The number of benzene rings is 2. The van der Waals surface area contributed by atoms with Crippen LogP contribution in [-0.2, 0) is 13.0 Å². The first-order chi connectivity index (χ1) is 9.33. The molecule has 2 nitrogen and oxygen atoms in total. The molecule has 1 heterocycles. The van der Waals surface area contributed by atoms with Crippen LogP contribution < -0.4 is 10.2 Å². The molecule has 0 bridgehead atoms. The molecule has 0 aromatic heterocycles. The van der Waals surface area contributed by atoms with Gasteiger partial charge in [0.1, 0.15) is 0 Å². The number of nitrogens with zero attached hydrogens (tertiary/aromatic N) is 1. The number of fused-ring (bicyclic) bond motifs is 1. The van der Waals surface area contributed by atoms with Crippen molar-refractivity contribution in [3.8, 4) is 0 Å². The summed E-state index contributed by atoms with van der Waals surface area (Å²) < 4.78 is 0. The topological polar surface area (TPSA) is 15.3 Å². The van der Waals surface area contributed by atoms with Crippen LogP contribution >= 0.6 is 0 Å². The van der Waals surface area contributed by atoms with Gasteiger partial charge < -0.3 is 10.2 Å². The summed E-state index contributed by atoms with van der Waals surface area (Å²) >= 11 is 0. The van der Waals surface area contributed by atoms with Crippen LogP contribution in [-0.4, -0.2) is 13.6 Å². The van der Waals surface area contributed by atoms with Gasteiger partial charge in [0.2, 0.25) is 0 Å². The highest BCUT2D eigenvalue weighted by Crippen LogP contribution is 2.24. The van der Waals surface area contributed by atoms with Crippen molar-refractivity contribution in [2.45, 2.75) is 19.4 Å². The number of rotatable bonds is 3. The van der Waals surface area contributed by atoms with E-state index in [0.29, 0.717) is 0 Å². The van der Waals surface area contributed by atoms with Gasteiger partial charge in [-0.05, 0) is 42.2 Å². The number of anilines is 2. The maximum atomic E-state index is 3.46. The summed E-state index contributed by atoms with van der Waals surface area (Å²) in [6.07, 6.45) is 2.44. The molecule has 2 aromatic carbocycles. The monoisotopic (exact) mass is 252 g/mol. The molecule has 3 rings (SSSR count). The molecule has 19 heavy (non-hydrogen) atoms. The fourth-order valence-corrected chi connectivity index (χ4v) is 2.67. The van der Waals surface area contributed by atoms with Gasteiger partial charge in [0.25, 0.3) is 0 Å². The highest BCUT2D eigenvalue weighted by molar-refractivity contribution is 5.55. The molecule has 0 radical (unpaired) electrons. The lowest BCUT2D eigenvalue weighted by Gasteiger charge is -2.22. The van der Waals surface area contributed by atoms with Crippen molar-refractivity contribution in [2.24, 2.45) is 0 Å². The van der Waals surface area contributed by atoms with Gasteiger partial charge in [-0.25, -0.2) is 0 Å². The van der Waals surface area contributed by atoms with Crippen LogP contribution in [0.2, 0.25) is 0 Å². The van der Waals surface area contributed by atoms with Crippen molar-refractivity contribution >= 4 is 11.4 Å². The normalized spacial score (nSPS) is 13.5. The molecule has 0 saturated carbocycles. The number of hydrogen-bond donors (Lipinski definition) is 1. The van der Waals surface area contributed by atoms with Gasteiger partial charge >= 0.3 is 0 Å². The van der Waals surface area contributed by atoms with Crippen molar-refractivity contribution < 1.29 is 0 Å². The fourth-order valence-electron chi connectivity index (χ4n) is 2.67. The Bertz CT molecular complexity index is 548. The second kappa shape index (κ2) is 5.35. The van der Waals surface area contributed by atoms with Gasteiger partial charge in [0.15, 0.2) is 0 Å². The van der Waals surface area contributed by atoms with Gasteiger partial charge in [-0.15, -0.1) is 0 Å². The van der Waals surface area contributed by atoms with E-state index in [0.717, 1.165) is 13.1 Å². The Balaban J connectivity index is 1.76. The molecule has 1 aliphatic heterocycles. The number of aryl methyl sites for hydroxylation is 1. The maximum Gasteiger partial charge on any atom is 0.0426 e. The third kappa shape index (κ3) is 2.73. The second-order valence-corrected chi connectivity index (χ2v) is 5.21. The molecule has 0 fully saturated rings. The Morgan fingerprint density at radius 3 is 2.79 bits per heavy atom. The van der Waals surface area contributed by atoms with Gasteiger partial charge in [0, 0.05) is 31.5 Å². The van der Waals surface area contributed by atoms with Gasteiger partial charge in [-0.3, -0.25) is 0 Å². The minimum absolute atomic E-state index is 0.956. The summed E-state index contributed by atoms with van der Waals surface area (Å²) in [4.78, 5) is 2.29. The van der Waals surface area contributed by atoms with Crippen molar-refractivity contribution in [2.75, 3.05) is 23.8 Å². The largest absolute Gasteiger partial charge is 0.385 e. The zero-order valence-corrected chi connectivity index (χ0v) is 11.4. The van der Waals surface area contributed by atoms with Crippen LogP contribution in [0.5, 0.6) is 0 Å². The Hall–Kier alpha value is -1.96. The molecular weight excluding hydrogens is 232 g/mol. The zero-order chi connectivity index (χ0) is 13.1. The molecule has 1 aliphatic rings. The Labute approximate surface area is 115 Å². The summed E-state index contributed by atoms with van der Waals surface area (Å²) in [7, 11) is 2.15. The first kappa shape index (κ1) is 12.1. The van der Waals surface area contributed by atoms with E-state index < -0.39 is 0 Å². The summed E-state index contributed by atoms with van der Waals surface area (Å²) in [5.41, 5.74) is 5.43. The van der Waals surface area contributed by atoms with Crippen LogP contribution in [0.4, 0.5) is 11.4 Å². The minimum Gasteiger partial charge on any atom is -0.385 e. The summed E-state index contributed by atoms with van der Waals surface area (Å²) in [6, 6.07) is 17.3. The summed E-state index contributed by atoms with van der Waals surface area (Å²) in [5, 5.41) is 3.46. The second-order valence-electron chi connectivity index (χ2n) is 5.21. The van der Waals surface area contributed by atoms with Crippen molar-refractivity contribution in [3.63, 3.8) is 0 Å². The standard InChI is InChI=1S/C17H20N2/c1-19(16-7-3-2-4-8-16)13-14-9-10-17-15(12-14)6-5-11-18-17/h2-4,7-10,12,18H,5-6,11,13H2,1H3. The summed E-state index contributed by atoms with van der Waals surface area (Å²) in [6.45, 7) is 2.06. The minimum atomic E-state index is 0.956. The van der Waals surface area contributed by atoms with E-state index in [1.54, 1.807) is 0 Å². The Morgan fingerprint density at radius 1 is 1.11 bits per heavy atom. The average molecular weight is 252 g/mol.